The van der Waals surface area contributed by atoms with Crippen molar-refractivity contribution in [3.8, 4) is 5.75 Å². The molecule has 3 aliphatic rings. The highest BCUT2D eigenvalue weighted by Crippen LogP contribution is 2.44. The van der Waals surface area contributed by atoms with Crippen molar-refractivity contribution in [2.45, 2.75) is 95.5 Å². The number of ether oxygens (including phenoxy) is 1. The van der Waals surface area contributed by atoms with Crippen LogP contribution in [0.4, 0.5) is 13.2 Å². The molecule has 1 atom stereocenters. The van der Waals surface area contributed by atoms with Gasteiger partial charge in [0.2, 0.25) is 5.91 Å². The summed E-state index contributed by atoms with van der Waals surface area (Å²) in [5.74, 6) is 0.0405. The van der Waals surface area contributed by atoms with Gasteiger partial charge in [-0.3, -0.25) is 4.79 Å². The number of carbonyl (C=O) groups is 1. The van der Waals surface area contributed by atoms with E-state index >= 15 is 0 Å². The monoisotopic (exact) mass is 498 g/mol. The molecule has 2 saturated carbocycles. The van der Waals surface area contributed by atoms with E-state index in [0.29, 0.717) is 29.6 Å². The Morgan fingerprint density at radius 2 is 1.76 bits per heavy atom. The molecule has 1 aromatic carbocycles. The summed E-state index contributed by atoms with van der Waals surface area (Å²) < 4.78 is 43.9. The Labute approximate surface area is 204 Å². The van der Waals surface area contributed by atoms with Gasteiger partial charge in [-0.1, -0.05) is 56.2 Å². The molecule has 34 heavy (non-hydrogen) atoms. The maximum atomic E-state index is 13.6. The standard InChI is InChI=1S/C26H34ClF3N2O2/c1-25(24(33)31-20-10-6-3-7-11-20)15-14-22(32(25)17-18-8-4-2-5-9-18)21-16-19(27)12-13-23(21)34-26(28,29)30/h12-14,16,18,20H,2-11,15,17H2,1H3,(H,31,33). The topological polar surface area (TPSA) is 41.6 Å². The SMILES string of the molecule is CC1(C(=O)NC2CCCCC2)CC=C(c2cc(Cl)ccc2OC(F)(F)F)N1CC1CCCCC1. The summed E-state index contributed by atoms with van der Waals surface area (Å²) in [6.07, 6.45) is 8.44. The van der Waals surface area contributed by atoms with Crippen LogP contribution in [0.3, 0.4) is 0 Å². The minimum atomic E-state index is -4.82. The second-order valence-electron chi connectivity index (χ2n) is 10.2. The van der Waals surface area contributed by atoms with Gasteiger partial charge in [-0.25, -0.2) is 0 Å². The van der Waals surface area contributed by atoms with Crippen molar-refractivity contribution in [1.82, 2.24) is 10.2 Å². The third-order valence-electron chi connectivity index (χ3n) is 7.62. The van der Waals surface area contributed by atoms with Gasteiger partial charge in [0.05, 0.1) is 0 Å². The van der Waals surface area contributed by atoms with Crippen LogP contribution in [-0.4, -0.2) is 35.3 Å². The van der Waals surface area contributed by atoms with E-state index in [1.807, 2.05) is 17.9 Å². The summed E-state index contributed by atoms with van der Waals surface area (Å²) in [5.41, 5.74) is -0.00867. The Hall–Kier alpha value is -1.89. The molecule has 4 nitrogen and oxygen atoms in total. The molecular formula is C26H34ClF3N2O2. The Bertz CT molecular complexity index is 908. The lowest BCUT2D eigenvalue weighted by Crippen LogP contribution is -2.56. The summed E-state index contributed by atoms with van der Waals surface area (Å²) in [5, 5.41) is 3.58. The number of alkyl halides is 3. The van der Waals surface area contributed by atoms with Crippen LogP contribution in [0.2, 0.25) is 5.02 Å². The number of amides is 1. The Morgan fingerprint density at radius 3 is 2.41 bits per heavy atom. The van der Waals surface area contributed by atoms with Crippen molar-refractivity contribution >= 4 is 23.2 Å². The first-order valence-corrected chi connectivity index (χ1v) is 12.9. The van der Waals surface area contributed by atoms with Gasteiger partial charge in [-0.15, -0.1) is 13.2 Å². The van der Waals surface area contributed by atoms with E-state index in [9.17, 15) is 18.0 Å². The zero-order valence-corrected chi connectivity index (χ0v) is 20.5. The maximum Gasteiger partial charge on any atom is 0.573 e. The van der Waals surface area contributed by atoms with E-state index in [1.54, 1.807) is 0 Å². The van der Waals surface area contributed by atoms with Crippen molar-refractivity contribution < 1.29 is 22.7 Å². The lowest BCUT2D eigenvalue weighted by atomic mass is 9.87. The fraction of sp³-hybridized carbons (Fsp3) is 0.654. The van der Waals surface area contributed by atoms with Crippen LogP contribution in [0.15, 0.2) is 24.3 Å². The molecule has 4 rings (SSSR count). The maximum absolute atomic E-state index is 13.6. The average molecular weight is 499 g/mol. The van der Waals surface area contributed by atoms with Crippen LogP contribution in [0.5, 0.6) is 5.75 Å². The van der Waals surface area contributed by atoms with Gasteiger partial charge in [0.25, 0.3) is 0 Å². The number of rotatable bonds is 6. The number of hydrogen-bond acceptors (Lipinski definition) is 3. The highest BCUT2D eigenvalue weighted by molar-refractivity contribution is 6.30. The van der Waals surface area contributed by atoms with Crippen LogP contribution in [-0.2, 0) is 4.79 Å². The molecule has 2 aliphatic carbocycles. The third kappa shape index (κ3) is 5.84. The third-order valence-corrected chi connectivity index (χ3v) is 7.85. The van der Waals surface area contributed by atoms with Gasteiger partial charge >= 0.3 is 6.36 Å². The summed E-state index contributed by atoms with van der Waals surface area (Å²) >= 11 is 6.21. The van der Waals surface area contributed by atoms with Gasteiger partial charge in [0.1, 0.15) is 11.3 Å². The van der Waals surface area contributed by atoms with Gasteiger partial charge < -0.3 is 15.0 Å². The van der Waals surface area contributed by atoms with Crippen LogP contribution in [0, 0.1) is 5.92 Å². The lowest BCUT2D eigenvalue weighted by Gasteiger charge is -2.42. The molecule has 0 saturated heterocycles. The molecule has 1 aliphatic heterocycles. The second-order valence-corrected chi connectivity index (χ2v) is 10.6. The van der Waals surface area contributed by atoms with Crippen molar-refractivity contribution in [2.75, 3.05) is 6.54 Å². The molecule has 0 aromatic heterocycles. The van der Waals surface area contributed by atoms with E-state index in [-0.39, 0.29) is 23.3 Å². The number of halogens is 4. The number of nitrogens with one attached hydrogen (secondary N) is 1. The van der Waals surface area contributed by atoms with Crippen molar-refractivity contribution in [3.63, 3.8) is 0 Å². The van der Waals surface area contributed by atoms with E-state index in [4.69, 9.17) is 11.6 Å². The Morgan fingerprint density at radius 1 is 1.12 bits per heavy atom. The fourth-order valence-corrected chi connectivity index (χ4v) is 5.86. The normalized spacial score (nSPS) is 24.7. The molecule has 1 aromatic rings. The largest absolute Gasteiger partial charge is 0.573 e. The van der Waals surface area contributed by atoms with Crippen LogP contribution in [0.25, 0.3) is 5.70 Å². The lowest BCUT2D eigenvalue weighted by molar-refractivity contribution is -0.274. The molecular weight excluding hydrogens is 465 g/mol. The highest BCUT2D eigenvalue weighted by Gasteiger charge is 2.46. The molecule has 1 unspecified atom stereocenters. The number of benzene rings is 1. The Kier molecular flexibility index (Phi) is 7.70. The summed E-state index contributed by atoms with van der Waals surface area (Å²) in [4.78, 5) is 15.6. The molecule has 1 heterocycles. The zero-order chi connectivity index (χ0) is 24.3. The Balaban J connectivity index is 1.65. The number of carbonyl (C=O) groups excluding carboxylic acids is 1. The van der Waals surface area contributed by atoms with Crippen LogP contribution >= 0.6 is 11.6 Å². The first-order valence-electron chi connectivity index (χ1n) is 12.5. The van der Waals surface area contributed by atoms with Gasteiger partial charge in [0.15, 0.2) is 0 Å². The first kappa shape index (κ1) is 25.2. The van der Waals surface area contributed by atoms with E-state index < -0.39 is 11.9 Å². The second kappa shape index (κ2) is 10.4. The summed E-state index contributed by atoms with van der Waals surface area (Å²) in [7, 11) is 0. The molecule has 1 N–H and O–H groups in total. The molecule has 2 fully saturated rings. The van der Waals surface area contributed by atoms with Gasteiger partial charge in [-0.2, -0.15) is 0 Å². The smallest absolute Gasteiger partial charge is 0.405 e. The predicted molar refractivity (Wildman–Crippen MR) is 127 cm³/mol. The molecule has 1 amide bonds. The van der Waals surface area contributed by atoms with Crippen LogP contribution in [0.1, 0.15) is 83.1 Å². The highest BCUT2D eigenvalue weighted by atomic mass is 35.5. The molecule has 188 valence electrons. The predicted octanol–water partition coefficient (Wildman–Crippen LogP) is 7.07. The molecule has 0 spiro atoms. The minimum absolute atomic E-state index is 0.0539. The van der Waals surface area contributed by atoms with Gasteiger partial charge in [0, 0.05) is 28.9 Å². The van der Waals surface area contributed by atoms with Crippen molar-refractivity contribution in [1.29, 1.82) is 0 Å². The van der Waals surface area contributed by atoms with E-state index in [0.717, 1.165) is 51.4 Å². The quantitative estimate of drug-likeness (QED) is 0.456. The average Bonchev–Trinajstić information content (AvgIpc) is 3.13. The molecule has 0 radical (unpaired) electrons. The number of nitrogens with zero attached hydrogens (tertiary/aromatic N) is 1. The molecule has 0 bridgehead atoms. The van der Waals surface area contributed by atoms with Crippen LogP contribution < -0.4 is 10.1 Å². The van der Waals surface area contributed by atoms with Crippen molar-refractivity contribution in [3.05, 3.63) is 34.9 Å². The fourth-order valence-electron chi connectivity index (χ4n) is 5.68. The molecule has 8 heteroatoms. The number of hydrogen-bond donors (Lipinski definition) is 1. The van der Waals surface area contributed by atoms with E-state index in [1.165, 1.54) is 31.0 Å². The summed E-state index contributed by atoms with van der Waals surface area (Å²) in [6.45, 7) is 2.53. The van der Waals surface area contributed by atoms with Gasteiger partial charge in [-0.05, 0) is 63.1 Å². The van der Waals surface area contributed by atoms with Crippen molar-refractivity contribution in [2.24, 2.45) is 5.92 Å². The van der Waals surface area contributed by atoms with E-state index in [2.05, 4.69) is 10.1 Å². The first-order chi connectivity index (χ1) is 16.2. The summed E-state index contributed by atoms with van der Waals surface area (Å²) in [6, 6.07) is 4.31. The zero-order valence-electron chi connectivity index (χ0n) is 19.7. The minimum Gasteiger partial charge on any atom is -0.405 e.